The van der Waals surface area contributed by atoms with Crippen LogP contribution < -0.4 is 15.5 Å². The van der Waals surface area contributed by atoms with Crippen molar-refractivity contribution >= 4 is 28.8 Å². The molecule has 6 nitrogen and oxygen atoms in total. The number of nitrogens with zero attached hydrogens (tertiary/aromatic N) is 4. The molecule has 0 unspecified atom stereocenters. The lowest BCUT2D eigenvalue weighted by Gasteiger charge is -2.22. The van der Waals surface area contributed by atoms with Crippen LogP contribution in [0.2, 0.25) is 0 Å². The van der Waals surface area contributed by atoms with Gasteiger partial charge in [0.1, 0.15) is 0 Å². The molecule has 3 aromatic rings. The number of rotatable bonds is 7. The van der Waals surface area contributed by atoms with Gasteiger partial charge in [-0.2, -0.15) is 10.1 Å². The Bertz CT molecular complexity index is 905. The lowest BCUT2D eigenvalue weighted by atomic mass is 10.1. The quantitative estimate of drug-likeness (QED) is 0.628. The Morgan fingerprint density at radius 3 is 2.33 bits per heavy atom. The van der Waals surface area contributed by atoms with Gasteiger partial charge in [-0.05, 0) is 63.1 Å². The Kier molecular flexibility index (Phi) is 5.86. The molecule has 0 aliphatic rings. The third kappa shape index (κ3) is 4.53. The van der Waals surface area contributed by atoms with Gasteiger partial charge in [-0.1, -0.05) is 18.2 Å². The molecule has 1 aromatic heterocycles. The fourth-order valence-electron chi connectivity index (χ4n) is 2.96. The molecule has 0 fully saturated rings. The first-order chi connectivity index (χ1) is 13.1. The monoisotopic (exact) mass is 362 g/mol. The van der Waals surface area contributed by atoms with Gasteiger partial charge in [0.2, 0.25) is 5.95 Å². The van der Waals surface area contributed by atoms with Crippen LogP contribution in [0.15, 0.2) is 48.7 Å². The molecule has 2 N–H and O–H groups in total. The molecule has 140 valence electrons. The molecule has 1 heterocycles. The molecule has 0 saturated carbocycles. The molecule has 0 spiro atoms. The van der Waals surface area contributed by atoms with Crippen LogP contribution in [0.5, 0.6) is 0 Å². The number of benzene rings is 2. The number of aromatic nitrogens is 3. The van der Waals surface area contributed by atoms with E-state index in [0.29, 0.717) is 11.8 Å². The Morgan fingerprint density at radius 2 is 1.63 bits per heavy atom. The molecule has 0 atom stereocenters. The molecule has 0 aliphatic carbocycles. The Morgan fingerprint density at radius 1 is 0.889 bits per heavy atom. The number of hydrogen-bond donors (Lipinski definition) is 2. The minimum atomic E-state index is 0.465. The largest absolute Gasteiger partial charge is 0.372 e. The normalized spacial score (nSPS) is 10.5. The summed E-state index contributed by atoms with van der Waals surface area (Å²) in [7, 11) is 0. The molecule has 2 aromatic carbocycles. The van der Waals surface area contributed by atoms with E-state index < -0.39 is 0 Å². The Hall–Kier alpha value is -3.15. The zero-order chi connectivity index (χ0) is 19.2. The second-order valence-corrected chi connectivity index (χ2v) is 6.40. The predicted molar refractivity (Wildman–Crippen MR) is 112 cm³/mol. The van der Waals surface area contributed by atoms with Gasteiger partial charge >= 0.3 is 0 Å². The van der Waals surface area contributed by atoms with E-state index in [1.54, 1.807) is 6.20 Å². The van der Waals surface area contributed by atoms with Crippen LogP contribution in [0.25, 0.3) is 0 Å². The van der Waals surface area contributed by atoms with Crippen LogP contribution in [-0.2, 0) is 0 Å². The van der Waals surface area contributed by atoms with Crippen molar-refractivity contribution < 1.29 is 0 Å². The lowest BCUT2D eigenvalue weighted by Crippen LogP contribution is -2.21. The highest BCUT2D eigenvalue weighted by atomic mass is 15.3. The fraction of sp³-hybridized carbons (Fsp3) is 0.286. The molecule has 3 rings (SSSR count). The van der Waals surface area contributed by atoms with Crippen molar-refractivity contribution in [2.45, 2.75) is 27.7 Å². The average Bonchev–Trinajstić information content (AvgIpc) is 2.67. The third-order valence-corrected chi connectivity index (χ3v) is 4.55. The first-order valence-electron chi connectivity index (χ1n) is 9.25. The van der Waals surface area contributed by atoms with Gasteiger partial charge in [0, 0.05) is 30.2 Å². The van der Waals surface area contributed by atoms with E-state index >= 15 is 0 Å². The van der Waals surface area contributed by atoms with E-state index in [1.807, 2.05) is 18.2 Å². The molecule has 0 amide bonds. The Balaban J connectivity index is 1.77. The van der Waals surface area contributed by atoms with E-state index in [1.165, 1.54) is 5.69 Å². The van der Waals surface area contributed by atoms with Crippen molar-refractivity contribution in [2.24, 2.45) is 0 Å². The maximum Gasteiger partial charge on any atom is 0.249 e. The second kappa shape index (κ2) is 8.49. The summed E-state index contributed by atoms with van der Waals surface area (Å²) in [5, 5.41) is 14.7. The summed E-state index contributed by atoms with van der Waals surface area (Å²) in [5.41, 5.74) is 5.48. The highest BCUT2D eigenvalue weighted by Crippen LogP contribution is 2.25. The minimum Gasteiger partial charge on any atom is -0.372 e. The smallest absolute Gasteiger partial charge is 0.249 e. The lowest BCUT2D eigenvalue weighted by molar-refractivity contribution is 0.865. The van der Waals surface area contributed by atoms with E-state index in [4.69, 9.17) is 0 Å². The first-order valence-corrected chi connectivity index (χ1v) is 9.25. The molecule has 0 aliphatic heterocycles. The van der Waals surface area contributed by atoms with E-state index in [-0.39, 0.29) is 0 Å². The summed E-state index contributed by atoms with van der Waals surface area (Å²) in [4.78, 5) is 6.85. The maximum atomic E-state index is 4.53. The average molecular weight is 362 g/mol. The summed E-state index contributed by atoms with van der Waals surface area (Å²) in [6.45, 7) is 10.4. The van der Waals surface area contributed by atoms with Crippen LogP contribution in [0.1, 0.15) is 25.0 Å². The number of para-hydroxylation sites is 1. The minimum absolute atomic E-state index is 0.465. The maximum absolute atomic E-state index is 4.53. The molecular formula is C21H26N6. The number of nitrogens with one attached hydrogen (secondary N) is 2. The standard InChI is InChI=1S/C21H26N6/c1-5-27(6-2)17-11-12-19(16(4)13-17)24-21-25-20(14-22-26-21)23-18-10-8-7-9-15(18)3/h7-14H,5-6H2,1-4H3,(H2,23,24,25,26). The predicted octanol–water partition coefficient (Wildman–Crippen LogP) is 4.82. The number of aryl methyl sites for hydroxylation is 2. The molecule has 0 radical (unpaired) electrons. The van der Waals surface area contributed by atoms with E-state index in [0.717, 1.165) is 35.6 Å². The topological polar surface area (TPSA) is 66.0 Å². The Labute approximate surface area is 160 Å². The third-order valence-electron chi connectivity index (χ3n) is 4.55. The van der Waals surface area contributed by atoms with Gasteiger partial charge in [0.15, 0.2) is 5.82 Å². The van der Waals surface area contributed by atoms with E-state index in [9.17, 15) is 0 Å². The van der Waals surface area contributed by atoms with Crippen LogP contribution in [0.3, 0.4) is 0 Å². The molecule has 6 heteroatoms. The van der Waals surface area contributed by atoms with Crippen molar-refractivity contribution in [1.82, 2.24) is 15.2 Å². The molecule has 0 saturated heterocycles. The molecule has 27 heavy (non-hydrogen) atoms. The van der Waals surface area contributed by atoms with Crippen molar-refractivity contribution in [3.8, 4) is 0 Å². The van der Waals surface area contributed by atoms with Crippen molar-refractivity contribution in [3.63, 3.8) is 0 Å². The summed E-state index contributed by atoms with van der Waals surface area (Å²) in [6.07, 6.45) is 1.62. The summed E-state index contributed by atoms with van der Waals surface area (Å²) < 4.78 is 0. The van der Waals surface area contributed by atoms with Gasteiger partial charge in [0.05, 0.1) is 6.20 Å². The van der Waals surface area contributed by atoms with E-state index in [2.05, 4.69) is 82.7 Å². The fourth-order valence-corrected chi connectivity index (χ4v) is 2.96. The summed E-state index contributed by atoms with van der Waals surface area (Å²) in [5.74, 6) is 1.12. The molecule has 0 bridgehead atoms. The van der Waals surface area contributed by atoms with Crippen molar-refractivity contribution in [3.05, 3.63) is 59.8 Å². The van der Waals surface area contributed by atoms with Gasteiger partial charge in [-0.25, -0.2) is 0 Å². The summed E-state index contributed by atoms with van der Waals surface area (Å²) in [6, 6.07) is 14.4. The van der Waals surface area contributed by atoms with Crippen LogP contribution in [0, 0.1) is 13.8 Å². The van der Waals surface area contributed by atoms with Crippen LogP contribution >= 0.6 is 0 Å². The van der Waals surface area contributed by atoms with Crippen molar-refractivity contribution in [1.29, 1.82) is 0 Å². The number of anilines is 5. The van der Waals surface area contributed by atoms with Crippen molar-refractivity contribution in [2.75, 3.05) is 28.6 Å². The van der Waals surface area contributed by atoms with Gasteiger partial charge in [-0.15, -0.1) is 5.10 Å². The zero-order valence-electron chi connectivity index (χ0n) is 16.3. The van der Waals surface area contributed by atoms with Gasteiger partial charge in [0.25, 0.3) is 0 Å². The zero-order valence-corrected chi connectivity index (χ0v) is 16.3. The second-order valence-electron chi connectivity index (χ2n) is 6.40. The molecular weight excluding hydrogens is 336 g/mol. The number of hydrogen-bond acceptors (Lipinski definition) is 6. The highest BCUT2D eigenvalue weighted by Gasteiger charge is 2.08. The first kappa shape index (κ1) is 18.6. The van der Waals surface area contributed by atoms with Gasteiger partial charge in [-0.3, -0.25) is 0 Å². The summed E-state index contributed by atoms with van der Waals surface area (Å²) >= 11 is 0. The van der Waals surface area contributed by atoms with Crippen LogP contribution in [0.4, 0.5) is 28.8 Å². The highest BCUT2D eigenvalue weighted by molar-refractivity contribution is 5.65. The van der Waals surface area contributed by atoms with Crippen LogP contribution in [-0.4, -0.2) is 28.3 Å². The van der Waals surface area contributed by atoms with Gasteiger partial charge < -0.3 is 15.5 Å². The SMILES string of the molecule is CCN(CC)c1ccc(Nc2nncc(Nc3ccccc3C)n2)c(C)c1.